The highest BCUT2D eigenvalue weighted by Crippen LogP contribution is 2.21. The van der Waals surface area contributed by atoms with Crippen LogP contribution < -0.4 is 10.1 Å². The summed E-state index contributed by atoms with van der Waals surface area (Å²) < 4.78 is 32.1. The van der Waals surface area contributed by atoms with E-state index in [0.29, 0.717) is 30.1 Å². The SMILES string of the molecule is COc1ccc(C(=O)NCc2ccc(S(=O)(=O)N3CCCCC3)cc2)cc1C. The van der Waals surface area contributed by atoms with E-state index in [1.807, 2.05) is 6.92 Å². The van der Waals surface area contributed by atoms with Gasteiger partial charge in [0.2, 0.25) is 10.0 Å². The summed E-state index contributed by atoms with van der Waals surface area (Å²) in [5.74, 6) is 0.554. The van der Waals surface area contributed by atoms with Crippen molar-refractivity contribution in [2.75, 3.05) is 20.2 Å². The van der Waals surface area contributed by atoms with E-state index < -0.39 is 10.0 Å². The highest BCUT2D eigenvalue weighted by Gasteiger charge is 2.25. The van der Waals surface area contributed by atoms with E-state index in [2.05, 4.69) is 5.32 Å². The minimum atomic E-state index is -3.43. The molecule has 0 atom stereocenters. The second-order valence-electron chi connectivity index (χ2n) is 6.98. The Bertz CT molecular complexity index is 933. The van der Waals surface area contributed by atoms with E-state index in [1.54, 1.807) is 53.9 Å². The van der Waals surface area contributed by atoms with E-state index >= 15 is 0 Å². The lowest BCUT2D eigenvalue weighted by Gasteiger charge is -2.25. The van der Waals surface area contributed by atoms with Gasteiger partial charge in [-0.05, 0) is 61.2 Å². The molecule has 2 aromatic carbocycles. The van der Waals surface area contributed by atoms with Crippen molar-refractivity contribution in [3.63, 3.8) is 0 Å². The lowest BCUT2D eigenvalue weighted by molar-refractivity contribution is 0.0950. The summed E-state index contributed by atoms with van der Waals surface area (Å²) in [7, 11) is -1.84. The lowest BCUT2D eigenvalue weighted by atomic mass is 10.1. The van der Waals surface area contributed by atoms with Gasteiger partial charge in [0.25, 0.3) is 5.91 Å². The third-order valence-corrected chi connectivity index (χ3v) is 6.90. The maximum absolute atomic E-state index is 12.7. The first-order valence-corrected chi connectivity index (χ1v) is 10.9. The monoisotopic (exact) mass is 402 g/mol. The number of benzene rings is 2. The van der Waals surface area contributed by atoms with Crippen LogP contribution in [0.3, 0.4) is 0 Å². The van der Waals surface area contributed by atoms with Crippen LogP contribution in [0.4, 0.5) is 0 Å². The average Bonchev–Trinajstić information content (AvgIpc) is 2.73. The van der Waals surface area contributed by atoms with E-state index in [9.17, 15) is 13.2 Å². The number of nitrogens with zero attached hydrogens (tertiary/aromatic N) is 1. The molecule has 28 heavy (non-hydrogen) atoms. The Balaban J connectivity index is 1.63. The average molecular weight is 403 g/mol. The molecule has 1 aliphatic rings. The number of sulfonamides is 1. The number of carbonyl (C=O) groups is 1. The Labute approximate surface area is 166 Å². The number of ether oxygens (including phenoxy) is 1. The van der Waals surface area contributed by atoms with Crippen LogP contribution in [0.15, 0.2) is 47.4 Å². The zero-order chi connectivity index (χ0) is 20.1. The van der Waals surface area contributed by atoms with E-state index in [0.717, 1.165) is 36.1 Å². The number of hydrogen-bond acceptors (Lipinski definition) is 4. The fraction of sp³-hybridized carbons (Fsp3) is 0.381. The minimum Gasteiger partial charge on any atom is -0.496 e. The van der Waals surface area contributed by atoms with Crippen LogP contribution in [0.25, 0.3) is 0 Å². The normalized spacial score (nSPS) is 15.2. The number of rotatable bonds is 6. The first-order valence-electron chi connectivity index (χ1n) is 9.44. The van der Waals surface area contributed by atoms with Crippen molar-refractivity contribution in [2.45, 2.75) is 37.6 Å². The molecule has 0 radical (unpaired) electrons. The van der Waals surface area contributed by atoms with Gasteiger partial charge in [0.05, 0.1) is 12.0 Å². The number of amides is 1. The number of carbonyl (C=O) groups excluding carboxylic acids is 1. The molecule has 0 aromatic heterocycles. The zero-order valence-corrected chi connectivity index (χ0v) is 17.1. The number of nitrogens with one attached hydrogen (secondary N) is 1. The molecule has 0 aliphatic carbocycles. The Hall–Kier alpha value is -2.38. The van der Waals surface area contributed by atoms with Crippen molar-refractivity contribution >= 4 is 15.9 Å². The summed E-state index contributed by atoms with van der Waals surface area (Å²) in [6, 6.07) is 12.0. The third kappa shape index (κ3) is 4.54. The molecule has 7 heteroatoms. The second-order valence-corrected chi connectivity index (χ2v) is 8.91. The number of hydrogen-bond donors (Lipinski definition) is 1. The summed E-state index contributed by atoms with van der Waals surface area (Å²) in [5, 5.41) is 2.86. The number of aryl methyl sites for hydroxylation is 1. The van der Waals surface area contributed by atoms with Gasteiger partial charge < -0.3 is 10.1 Å². The van der Waals surface area contributed by atoms with Gasteiger partial charge in [-0.15, -0.1) is 0 Å². The molecule has 0 bridgehead atoms. The molecule has 1 aliphatic heterocycles. The van der Waals surface area contributed by atoms with Crippen molar-refractivity contribution in [2.24, 2.45) is 0 Å². The van der Waals surface area contributed by atoms with Crippen molar-refractivity contribution in [1.29, 1.82) is 0 Å². The van der Waals surface area contributed by atoms with Gasteiger partial charge in [-0.2, -0.15) is 4.31 Å². The standard InChI is InChI=1S/C21H26N2O4S/c1-16-14-18(8-11-20(16)27-2)21(24)22-15-17-6-9-19(10-7-17)28(25,26)23-12-4-3-5-13-23/h6-11,14H,3-5,12-13,15H2,1-2H3,(H,22,24). The predicted octanol–water partition coefficient (Wildman–Crippen LogP) is 3.11. The maximum Gasteiger partial charge on any atom is 0.251 e. The molecule has 0 unspecified atom stereocenters. The Morgan fingerprint density at radius 3 is 2.36 bits per heavy atom. The summed E-state index contributed by atoms with van der Waals surface area (Å²) in [5.41, 5.74) is 2.29. The van der Waals surface area contributed by atoms with Gasteiger partial charge in [0.15, 0.2) is 0 Å². The zero-order valence-electron chi connectivity index (χ0n) is 16.3. The molecular weight excluding hydrogens is 376 g/mol. The largest absolute Gasteiger partial charge is 0.496 e. The summed E-state index contributed by atoms with van der Waals surface area (Å²) in [6.45, 7) is 3.38. The van der Waals surface area contributed by atoms with Crippen molar-refractivity contribution in [3.05, 3.63) is 59.2 Å². The topological polar surface area (TPSA) is 75.7 Å². The Morgan fingerprint density at radius 2 is 1.75 bits per heavy atom. The van der Waals surface area contributed by atoms with Gasteiger partial charge >= 0.3 is 0 Å². The Morgan fingerprint density at radius 1 is 1.07 bits per heavy atom. The van der Waals surface area contributed by atoms with Gasteiger partial charge in [-0.1, -0.05) is 18.6 Å². The smallest absolute Gasteiger partial charge is 0.251 e. The van der Waals surface area contributed by atoms with Crippen LogP contribution in [-0.2, 0) is 16.6 Å². The quantitative estimate of drug-likeness (QED) is 0.806. The molecule has 150 valence electrons. The van der Waals surface area contributed by atoms with Crippen molar-refractivity contribution in [3.8, 4) is 5.75 Å². The van der Waals surface area contributed by atoms with Crippen LogP contribution in [0.5, 0.6) is 5.75 Å². The predicted molar refractivity (Wildman–Crippen MR) is 108 cm³/mol. The van der Waals surface area contributed by atoms with Crippen molar-refractivity contribution < 1.29 is 17.9 Å². The minimum absolute atomic E-state index is 0.184. The van der Waals surface area contributed by atoms with E-state index in [4.69, 9.17) is 4.74 Å². The van der Waals surface area contributed by atoms with Crippen LogP contribution in [0, 0.1) is 6.92 Å². The lowest BCUT2D eigenvalue weighted by Crippen LogP contribution is -2.35. The summed E-state index contributed by atoms with van der Waals surface area (Å²) >= 11 is 0. The first-order chi connectivity index (χ1) is 13.4. The van der Waals surface area contributed by atoms with Gasteiger partial charge in [0.1, 0.15) is 5.75 Å². The molecule has 2 aromatic rings. The fourth-order valence-corrected chi connectivity index (χ4v) is 4.85. The number of piperidine rings is 1. The molecule has 1 amide bonds. The molecule has 0 saturated carbocycles. The van der Waals surface area contributed by atoms with Crippen LogP contribution in [0.1, 0.15) is 40.7 Å². The molecule has 1 fully saturated rings. The van der Waals surface area contributed by atoms with Crippen molar-refractivity contribution in [1.82, 2.24) is 9.62 Å². The summed E-state index contributed by atoms with van der Waals surface area (Å²) in [6.07, 6.45) is 2.90. The van der Waals surface area contributed by atoms with Crippen LogP contribution in [-0.4, -0.2) is 38.8 Å². The molecule has 0 spiro atoms. The molecule has 1 N–H and O–H groups in total. The van der Waals surface area contributed by atoms with Crippen LogP contribution in [0.2, 0.25) is 0 Å². The first kappa shape index (κ1) is 20.4. The van der Waals surface area contributed by atoms with E-state index in [1.165, 1.54) is 0 Å². The molecular formula is C21H26N2O4S. The van der Waals surface area contributed by atoms with Crippen LogP contribution >= 0.6 is 0 Å². The van der Waals surface area contributed by atoms with E-state index in [-0.39, 0.29) is 5.91 Å². The van der Waals surface area contributed by atoms with Gasteiger partial charge in [-0.25, -0.2) is 8.42 Å². The van der Waals surface area contributed by atoms with Gasteiger partial charge in [-0.3, -0.25) is 4.79 Å². The van der Waals surface area contributed by atoms with Gasteiger partial charge in [0, 0.05) is 25.2 Å². The number of methoxy groups -OCH3 is 1. The fourth-order valence-electron chi connectivity index (χ4n) is 3.34. The third-order valence-electron chi connectivity index (χ3n) is 4.99. The maximum atomic E-state index is 12.7. The second kappa shape index (κ2) is 8.75. The molecule has 3 rings (SSSR count). The Kier molecular flexibility index (Phi) is 6.36. The summed E-state index contributed by atoms with van der Waals surface area (Å²) in [4.78, 5) is 12.6. The highest BCUT2D eigenvalue weighted by atomic mass is 32.2. The molecule has 6 nitrogen and oxygen atoms in total. The molecule has 1 heterocycles. The highest BCUT2D eigenvalue weighted by molar-refractivity contribution is 7.89. The molecule has 1 saturated heterocycles.